The van der Waals surface area contributed by atoms with Crippen LogP contribution >= 0.6 is 0 Å². The van der Waals surface area contributed by atoms with Gasteiger partial charge in [-0.15, -0.1) is 0 Å². The number of benzene rings is 2. The number of morpholine rings is 1. The highest BCUT2D eigenvalue weighted by Crippen LogP contribution is 2.27. The average Bonchev–Trinajstić information content (AvgIpc) is 3.38. The van der Waals surface area contributed by atoms with Gasteiger partial charge >= 0.3 is 0 Å². The molecular formula is C25H28N4O6. The molecule has 1 aliphatic rings. The minimum atomic E-state index is -1.29. The summed E-state index contributed by atoms with van der Waals surface area (Å²) in [5, 5.41) is 20.8. The Kier molecular flexibility index (Phi) is 7.88. The second-order valence-corrected chi connectivity index (χ2v) is 8.36. The van der Waals surface area contributed by atoms with Crippen LogP contribution in [-0.2, 0) is 16.1 Å². The number of ether oxygens (including phenoxy) is 1. The van der Waals surface area contributed by atoms with Crippen molar-refractivity contribution in [3.05, 3.63) is 65.9 Å². The number of aliphatic hydroxyl groups is 1. The van der Waals surface area contributed by atoms with Crippen molar-refractivity contribution in [1.29, 1.82) is 0 Å². The molecule has 1 saturated heterocycles. The Morgan fingerprint density at radius 2 is 1.71 bits per heavy atom. The zero-order valence-corrected chi connectivity index (χ0v) is 19.3. The minimum absolute atomic E-state index is 0.271. The van der Waals surface area contributed by atoms with Crippen molar-refractivity contribution < 1.29 is 29.1 Å². The fraction of sp³-hybridized carbons (Fsp3) is 0.320. The van der Waals surface area contributed by atoms with E-state index in [4.69, 9.17) is 14.4 Å². The topological polar surface area (TPSA) is 137 Å². The quantitative estimate of drug-likeness (QED) is 0.283. The van der Waals surface area contributed by atoms with E-state index in [-0.39, 0.29) is 5.56 Å². The van der Waals surface area contributed by atoms with Crippen molar-refractivity contribution >= 4 is 11.8 Å². The Labute approximate surface area is 202 Å². The van der Waals surface area contributed by atoms with Gasteiger partial charge in [0, 0.05) is 36.3 Å². The van der Waals surface area contributed by atoms with Crippen LogP contribution < -0.4 is 10.8 Å². The fourth-order valence-corrected chi connectivity index (χ4v) is 3.80. The van der Waals surface area contributed by atoms with E-state index in [2.05, 4.69) is 27.3 Å². The standard InChI is InChI=1S/C25H28N4O6/c1-16(30)22(24(32)28-33)27-23(31)19-6-8-20(9-7-19)25-26-14-21(35-25)18-4-2-17(3-5-18)15-29-10-12-34-13-11-29/h2-9,14,16,22,30,33H,10-13,15H2,1H3,(H,27,31)(H,28,32)/t16-,22+/m1/s1. The molecule has 4 N–H and O–H groups in total. The summed E-state index contributed by atoms with van der Waals surface area (Å²) < 4.78 is 11.3. The first-order valence-electron chi connectivity index (χ1n) is 11.3. The summed E-state index contributed by atoms with van der Waals surface area (Å²) in [7, 11) is 0. The van der Waals surface area contributed by atoms with Gasteiger partial charge in [-0.1, -0.05) is 24.3 Å². The third-order valence-electron chi connectivity index (χ3n) is 5.81. The number of hydrogen-bond acceptors (Lipinski definition) is 8. The number of hydrogen-bond donors (Lipinski definition) is 4. The summed E-state index contributed by atoms with van der Waals surface area (Å²) in [4.78, 5) is 30.8. The molecule has 2 heterocycles. The van der Waals surface area contributed by atoms with Gasteiger partial charge in [-0.25, -0.2) is 10.5 Å². The second kappa shape index (κ2) is 11.2. The molecule has 0 bridgehead atoms. The lowest BCUT2D eigenvalue weighted by Gasteiger charge is -2.26. The number of carbonyl (C=O) groups is 2. The third-order valence-corrected chi connectivity index (χ3v) is 5.81. The molecule has 2 amide bonds. The summed E-state index contributed by atoms with van der Waals surface area (Å²) in [5.41, 5.74) is 4.51. The maximum absolute atomic E-state index is 12.4. The van der Waals surface area contributed by atoms with E-state index in [0.717, 1.165) is 38.4 Å². The predicted molar refractivity (Wildman–Crippen MR) is 126 cm³/mol. The first kappa shape index (κ1) is 24.6. The summed E-state index contributed by atoms with van der Waals surface area (Å²) in [6.45, 7) is 5.64. The van der Waals surface area contributed by atoms with Crippen molar-refractivity contribution in [1.82, 2.24) is 20.7 Å². The largest absolute Gasteiger partial charge is 0.436 e. The van der Waals surface area contributed by atoms with Gasteiger partial charge in [0.25, 0.3) is 11.8 Å². The number of amides is 2. The number of rotatable bonds is 8. The van der Waals surface area contributed by atoms with Crippen LogP contribution in [0.4, 0.5) is 0 Å². The number of aliphatic hydroxyl groups excluding tert-OH is 1. The van der Waals surface area contributed by atoms with Gasteiger partial charge < -0.3 is 19.6 Å². The van der Waals surface area contributed by atoms with Gasteiger partial charge in [0.05, 0.1) is 25.5 Å². The number of nitrogens with zero attached hydrogens (tertiary/aromatic N) is 2. The van der Waals surface area contributed by atoms with Crippen LogP contribution in [-0.4, -0.2) is 70.5 Å². The minimum Gasteiger partial charge on any atom is -0.436 e. The predicted octanol–water partition coefficient (Wildman–Crippen LogP) is 1.83. The average molecular weight is 481 g/mol. The molecule has 2 aromatic carbocycles. The summed E-state index contributed by atoms with van der Waals surface area (Å²) in [6, 6.07) is 13.4. The lowest BCUT2D eigenvalue weighted by Crippen LogP contribution is -2.51. The monoisotopic (exact) mass is 480 g/mol. The summed E-state index contributed by atoms with van der Waals surface area (Å²) >= 11 is 0. The lowest BCUT2D eigenvalue weighted by atomic mass is 10.1. The molecule has 0 aliphatic carbocycles. The zero-order valence-electron chi connectivity index (χ0n) is 19.3. The normalized spacial score (nSPS) is 15.9. The fourth-order valence-electron chi connectivity index (χ4n) is 3.80. The summed E-state index contributed by atoms with van der Waals surface area (Å²) in [6.07, 6.45) is 0.470. The van der Waals surface area contributed by atoms with Crippen molar-refractivity contribution in [3.63, 3.8) is 0 Å². The molecule has 10 nitrogen and oxygen atoms in total. The maximum atomic E-state index is 12.4. The molecule has 0 radical (unpaired) electrons. The number of oxazole rings is 1. The van der Waals surface area contributed by atoms with Gasteiger partial charge in [0.1, 0.15) is 6.04 Å². The van der Waals surface area contributed by atoms with Crippen molar-refractivity contribution in [3.8, 4) is 22.8 Å². The Morgan fingerprint density at radius 1 is 1.06 bits per heavy atom. The van der Waals surface area contributed by atoms with Gasteiger partial charge in [-0.3, -0.25) is 19.7 Å². The van der Waals surface area contributed by atoms with Gasteiger partial charge in [0.15, 0.2) is 5.76 Å². The molecule has 3 aromatic rings. The number of aromatic nitrogens is 1. The second-order valence-electron chi connectivity index (χ2n) is 8.36. The summed E-state index contributed by atoms with van der Waals surface area (Å²) in [5.74, 6) is -0.442. The van der Waals surface area contributed by atoms with Crippen LogP contribution in [0.25, 0.3) is 22.8 Å². The Bertz CT molecular complexity index is 1140. The highest BCUT2D eigenvalue weighted by Gasteiger charge is 2.25. The molecule has 0 saturated carbocycles. The maximum Gasteiger partial charge on any atom is 0.268 e. The molecule has 0 spiro atoms. The van der Waals surface area contributed by atoms with Crippen LogP contribution in [0.5, 0.6) is 0 Å². The van der Waals surface area contributed by atoms with Gasteiger partial charge in [0.2, 0.25) is 5.89 Å². The van der Waals surface area contributed by atoms with E-state index in [9.17, 15) is 14.7 Å². The van der Waals surface area contributed by atoms with Crippen molar-refractivity contribution in [2.45, 2.75) is 25.6 Å². The SMILES string of the molecule is C[C@@H](O)[C@H](NC(=O)c1ccc(-c2ncc(-c3ccc(CN4CCOCC4)cc3)o2)cc1)C(=O)NO. The lowest BCUT2D eigenvalue weighted by molar-refractivity contribution is -0.133. The molecule has 184 valence electrons. The van der Waals surface area contributed by atoms with Crippen molar-refractivity contribution in [2.75, 3.05) is 26.3 Å². The van der Waals surface area contributed by atoms with E-state index in [1.54, 1.807) is 30.5 Å². The first-order valence-corrected chi connectivity index (χ1v) is 11.3. The number of carbonyl (C=O) groups excluding carboxylic acids is 2. The van der Waals surface area contributed by atoms with Crippen LogP contribution in [0.3, 0.4) is 0 Å². The molecule has 35 heavy (non-hydrogen) atoms. The van der Waals surface area contributed by atoms with Gasteiger partial charge in [-0.05, 0) is 36.8 Å². The van der Waals surface area contributed by atoms with Crippen molar-refractivity contribution in [2.24, 2.45) is 0 Å². The van der Waals surface area contributed by atoms with E-state index >= 15 is 0 Å². The Balaban J connectivity index is 1.40. The first-order chi connectivity index (χ1) is 16.9. The molecule has 0 unspecified atom stereocenters. The van der Waals surface area contributed by atoms with E-state index < -0.39 is 24.0 Å². The highest BCUT2D eigenvalue weighted by molar-refractivity contribution is 5.97. The van der Waals surface area contributed by atoms with Gasteiger partial charge in [-0.2, -0.15) is 0 Å². The van der Waals surface area contributed by atoms with Crippen LogP contribution in [0, 0.1) is 0 Å². The number of hydroxylamine groups is 1. The molecule has 1 aromatic heterocycles. The van der Waals surface area contributed by atoms with E-state index in [1.165, 1.54) is 18.0 Å². The Hall–Kier alpha value is -3.57. The molecule has 1 aliphatic heterocycles. The molecular weight excluding hydrogens is 452 g/mol. The van der Waals surface area contributed by atoms with Crippen LogP contribution in [0.1, 0.15) is 22.8 Å². The Morgan fingerprint density at radius 3 is 2.34 bits per heavy atom. The highest BCUT2D eigenvalue weighted by atomic mass is 16.5. The van der Waals surface area contributed by atoms with Crippen LogP contribution in [0.2, 0.25) is 0 Å². The van der Waals surface area contributed by atoms with E-state index in [0.29, 0.717) is 17.2 Å². The third kappa shape index (κ3) is 6.11. The molecule has 10 heteroatoms. The van der Waals surface area contributed by atoms with E-state index in [1.807, 2.05) is 12.1 Å². The van der Waals surface area contributed by atoms with Crippen LogP contribution in [0.15, 0.2) is 59.1 Å². The molecule has 2 atom stereocenters. The smallest absolute Gasteiger partial charge is 0.268 e. The molecule has 1 fully saturated rings. The zero-order chi connectivity index (χ0) is 24.8. The molecule has 4 rings (SSSR count). The number of nitrogens with one attached hydrogen (secondary N) is 2.